The molecule has 1 aromatic carbocycles. The average molecular weight is 449 g/mol. The number of carbonyl (C=O) groups excluding carboxylic acids is 1. The van der Waals surface area contributed by atoms with Crippen LogP contribution in [0.1, 0.15) is 38.9 Å². The lowest BCUT2D eigenvalue weighted by atomic mass is 10.1. The Morgan fingerprint density at radius 1 is 1.06 bits per heavy atom. The second-order valence-electron chi connectivity index (χ2n) is 7.46. The summed E-state index contributed by atoms with van der Waals surface area (Å²) in [5.41, 5.74) is 2.72. The first kappa shape index (κ1) is 19.8. The average Bonchev–Trinajstić information content (AvgIpc) is 3.50. The van der Waals surface area contributed by atoms with Crippen LogP contribution in [0, 0.1) is 13.8 Å². The zero-order chi connectivity index (χ0) is 21.7. The minimum atomic E-state index is -0.139. The van der Waals surface area contributed by atoms with Crippen molar-refractivity contribution in [1.82, 2.24) is 19.9 Å². The number of nitrogens with zero attached hydrogens (tertiary/aromatic N) is 4. The molecule has 0 aliphatic heterocycles. The van der Waals surface area contributed by atoms with Crippen LogP contribution < -0.4 is 0 Å². The predicted octanol–water partition coefficient (Wildman–Crippen LogP) is 6.01. The third kappa shape index (κ3) is 3.32. The predicted molar refractivity (Wildman–Crippen MR) is 125 cm³/mol. The zero-order valence-corrected chi connectivity index (χ0v) is 19.2. The van der Waals surface area contributed by atoms with Crippen LogP contribution in [0.15, 0.2) is 47.1 Å². The number of carbonyl (C=O) groups is 1. The quantitative estimate of drug-likeness (QED) is 0.337. The fourth-order valence-electron chi connectivity index (χ4n) is 3.63. The summed E-state index contributed by atoms with van der Waals surface area (Å²) in [6, 6.07) is 11.5. The van der Waals surface area contributed by atoms with Gasteiger partial charge in [-0.15, -0.1) is 22.7 Å². The van der Waals surface area contributed by atoms with Crippen LogP contribution >= 0.6 is 22.7 Å². The van der Waals surface area contributed by atoms with Crippen molar-refractivity contribution in [2.24, 2.45) is 0 Å². The van der Waals surface area contributed by atoms with Gasteiger partial charge in [-0.1, -0.05) is 12.1 Å². The molecule has 31 heavy (non-hydrogen) atoms. The van der Waals surface area contributed by atoms with Gasteiger partial charge >= 0.3 is 0 Å². The van der Waals surface area contributed by atoms with Crippen molar-refractivity contribution in [3.63, 3.8) is 0 Å². The number of benzene rings is 1. The first-order valence-corrected chi connectivity index (χ1v) is 11.5. The van der Waals surface area contributed by atoms with Crippen LogP contribution in [-0.4, -0.2) is 32.8 Å². The Balaban J connectivity index is 1.51. The molecular weight excluding hydrogens is 428 g/mol. The highest BCUT2D eigenvalue weighted by Gasteiger charge is 2.26. The molecule has 156 valence electrons. The molecule has 6 nitrogen and oxygen atoms in total. The van der Waals surface area contributed by atoms with Crippen molar-refractivity contribution in [3.8, 4) is 11.6 Å². The summed E-state index contributed by atoms with van der Waals surface area (Å²) in [6.07, 6.45) is 1.60. The maximum atomic E-state index is 13.4. The van der Waals surface area contributed by atoms with Crippen molar-refractivity contribution in [2.45, 2.75) is 26.8 Å². The van der Waals surface area contributed by atoms with E-state index in [0.717, 1.165) is 36.7 Å². The van der Waals surface area contributed by atoms with Crippen molar-refractivity contribution in [1.29, 1.82) is 0 Å². The van der Waals surface area contributed by atoms with Crippen LogP contribution in [0.2, 0.25) is 0 Å². The van der Waals surface area contributed by atoms with E-state index in [0.29, 0.717) is 16.5 Å². The van der Waals surface area contributed by atoms with Gasteiger partial charge in [0.15, 0.2) is 11.6 Å². The van der Waals surface area contributed by atoms with Gasteiger partial charge in [-0.25, -0.2) is 15.0 Å². The van der Waals surface area contributed by atoms with E-state index in [9.17, 15) is 4.79 Å². The topological polar surface area (TPSA) is 72.1 Å². The number of rotatable bonds is 4. The minimum absolute atomic E-state index is 0.0359. The number of furan rings is 1. The van der Waals surface area contributed by atoms with E-state index in [1.807, 2.05) is 58.2 Å². The molecule has 0 aliphatic rings. The molecule has 5 aromatic rings. The lowest BCUT2D eigenvalue weighted by molar-refractivity contribution is 0.0747. The third-order valence-electron chi connectivity index (χ3n) is 5.48. The van der Waals surface area contributed by atoms with Gasteiger partial charge in [0.05, 0.1) is 33.1 Å². The van der Waals surface area contributed by atoms with Crippen LogP contribution in [0.4, 0.5) is 0 Å². The first-order valence-electron chi connectivity index (χ1n) is 9.88. The number of para-hydroxylation sites is 1. The van der Waals surface area contributed by atoms with E-state index >= 15 is 0 Å². The van der Waals surface area contributed by atoms with Gasteiger partial charge < -0.3 is 9.32 Å². The largest absolute Gasteiger partial charge is 0.461 e. The third-order valence-corrected chi connectivity index (χ3v) is 7.86. The number of thiazole rings is 1. The van der Waals surface area contributed by atoms with E-state index in [2.05, 4.69) is 16.0 Å². The summed E-state index contributed by atoms with van der Waals surface area (Å²) in [6.45, 7) is 5.92. The highest BCUT2D eigenvalue weighted by molar-refractivity contribution is 7.20. The summed E-state index contributed by atoms with van der Waals surface area (Å²) in [5, 5.41) is 1.86. The molecule has 4 heterocycles. The molecule has 1 amide bonds. The van der Waals surface area contributed by atoms with Gasteiger partial charge in [0.1, 0.15) is 9.84 Å². The first-order chi connectivity index (χ1) is 14.9. The number of fused-ring (bicyclic) bond motifs is 2. The molecule has 4 aromatic heterocycles. The normalized spacial score (nSPS) is 12.5. The SMILES string of the molecule is Cc1nc(-c2ccco2)nc2sc(C(=O)N(C)C(C)c3nc4ccccc4s3)c(C)c12. The molecule has 0 saturated heterocycles. The van der Waals surface area contributed by atoms with Gasteiger partial charge in [-0.2, -0.15) is 0 Å². The Bertz CT molecular complexity index is 1390. The Morgan fingerprint density at radius 2 is 1.87 bits per heavy atom. The Labute approximate surface area is 187 Å². The van der Waals surface area contributed by atoms with Gasteiger partial charge in [0.2, 0.25) is 0 Å². The van der Waals surface area contributed by atoms with Crippen molar-refractivity contribution >= 4 is 49.0 Å². The zero-order valence-electron chi connectivity index (χ0n) is 17.5. The van der Waals surface area contributed by atoms with E-state index in [1.165, 1.54) is 11.3 Å². The summed E-state index contributed by atoms with van der Waals surface area (Å²) < 4.78 is 6.57. The molecule has 1 atom stereocenters. The molecular formula is C23H20N4O2S2. The number of hydrogen-bond acceptors (Lipinski definition) is 7. The Kier molecular flexibility index (Phi) is 4.83. The van der Waals surface area contributed by atoms with Crippen LogP contribution in [0.25, 0.3) is 32.0 Å². The highest BCUT2D eigenvalue weighted by atomic mass is 32.1. The number of aromatic nitrogens is 3. The van der Waals surface area contributed by atoms with E-state index in [-0.39, 0.29) is 11.9 Å². The summed E-state index contributed by atoms with van der Waals surface area (Å²) in [5.74, 6) is 1.11. The van der Waals surface area contributed by atoms with Crippen LogP contribution in [0.3, 0.4) is 0 Å². The van der Waals surface area contributed by atoms with Crippen molar-refractivity contribution in [2.75, 3.05) is 7.05 Å². The Morgan fingerprint density at radius 3 is 2.61 bits per heavy atom. The van der Waals surface area contributed by atoms with Crippen LogP contribution in [0.5, 0.6) is 0 Å². The number of thiophene rings is 1. The van der Waals surface area contributed by atoms with E-state index in [4.69, 9.17) is 9.40 Å². The Hall–Kier alpha value is -3.10. The highest BCUT2D eigenvalue weighted by Crippen LogP contribution is 2.35. The molecule has 1 unspecified atom stereocenters. The van der Waals surface area contributed by atoms with Gasteiger partial charge in [-0.05, 0) is 50.6 Å². The standard InChI is InChI=1S/C23H20N4O2S2/c1-12-18-13(2)24-20(16-9-7-11-29-16)26-22(18)31-19(12)23(28)27(4)14(3)21-25-15-8-5-6-10-17(15)30-21/h5-11,14H,1-4H3. The maximum absolute atomic E-state index is 13.4. The van der Waals surface area contributed by atoms with Crippen molar-refractivity contribution in [3.05, 3.63) is 63.8 Å². The second-order valence-corrected chi connectivity index (χ2v) is 9.52. The molecule has 8 heteroatoms. The summed E-state index contributed by atoms with van der Waals surface area (Å²) in [4.78, 5) is 30.7. The molecule has 0 spiro atoms. The molecule has 0 radical (unpaired) electrons. The smallest absolute Gasteiger partial charge is 0.264 e. The lowest BCUT2D eigenvalue weighted by Gasteiger charge is -2.23. The maximum Gasteiger partial charge on any atom is 0.264 e. The molecule has 0 saturated carbocycles. The second kappa shape index (κ2) is 7.55. The van der Waals surface area contributed by atoms with Gasteiger partial charge in [-0.3, -0.25) is 4.79 Å². The molecule has 0 bridgehead atoms. The summed E-state index contributed by atoms with van der Waals surface area (Å²) >= 11 is 3.03. The number of hydrogen-bond donors (Lipinski definition) is 0. The molecule has 5 rings (SSSR count). The fraction of sp³-hybridized carbons (Fsp3) is 0.217. The molecule has 0 N–H and O–H groups in total. The molecule has 0 aliphatic carbocycles. The lowest BCUT2D eigenvalue weighted by Crippen LogP contribution is -2.29. The molecule has 0 fully saturated rings. The van der Waals surface area contributed by atoms with E-state index in [1.54, 1.807) is 22.5 Å². The number of amides is 1. The van der Waals surface area contributed by atoms with Crippen molar-refractivity contribution < 1.29 is 9.21 Å². The minimum Gasteiger partial charge on any atom is -0.461 e. The van der Waals surface area contributed by atoms with Gasteiger partial charge in [0, 0.05) is 12.4 Å². The summed E-state index contributed by atoms with van der Waals surface area (Å²) in [7, 11) is 1.83. The van der Waals surface area contributed by atoms with Crippen LogP contribution in [-0.2, 0) is 0 Å². The van der Waals surface area contributed by atoms with E-state index < -0.39 is 0 Å². The number of aryl methyl sites for hydroxylation is 2. The monoisotopic (exact) mass is 448 g/mol. The fourth-order valence-corrected chi connectivity index (χ4v) is 5.91. The van der Waals surface area contributed by atoms with Gasteiger partial charge in [0.25, 0.3) is 5.91 Å².